The molecule has 0 saturated carbocycles. The maximum atomic E-state index is 11.5. The zero-order valence-corrected chi connectivity index (χ0v) is 10.3. The van der Waals surface area contributed by atoms with Crippen LogP contribution in [-0.2, 0) is 4.74 Å². The average molecular weight is 239 g/mol. The second-order valence-electron chi connectivity index (χ2n) is 3.90. The molecule has 0 unspecified atom stereocenters. The molecule has 0 heterocycles. The van der Waals surface area contributed by atoms with Crippen molar-refractivity contribution in [2.75, 3.05) is 6.61 Å². The number of esters is 1. The van der Waals surface area contributed by atoms with Gasteiger partial charge in [0.2, 0.25) is 0 Å². The summed E-state index contributed by atoms with van der Waals surface area (Å²) in [7, 11) is 0. The minimum Gasteiger partial charge on any atom is -0.462 e. The maximum absolute atomic E-state index is 11.5. The van der Waals surface area contributed by atoms with E-state index in [1.807, 2.05) is 42.5 Å². The number of hydrogen-bond acceptors (Lipinski definition) is 2. The van der Waals surface area contributed by atoms with E-state index in [2.05, 4.69) is 6.42 Å². The standard InChI is InChI=1S/C16H15O2/c1-2-18-16(17)15-10-8-14(9-11-15)12-13-6-4-3-5-7-13/h3-12H,2H2,1H3. The first-order valence-electron chi connectivity index (χ1n) is 5.96. The summed E-state index contributed by atoms with van der Waals surface area (Å²) in [6, 6.07) is 17.5. The van der Waals surface area contributed by atoms with Gasteiger partial charge in [0.1, 0.15) is 0 Å². The molecule has 0 saturated heterocycles. The summed E-state index contributed by atoms with van der Waals surface area (Å²) in [5.74, 6) is -0.274. The van der Waals surface area contributed by atoms with E-state index in [1.165, 1.54) is 0 Å². The number of benzene rings is 2. The van der Waals surface area contributed by atoms with E-state index < -0.39 is 0 Å². The van der Waals surface area contributed by atoms with Crippen LogP contribution in [0.2, 0.25) is 0 Å². The van der Waals surface area contributed by atoms with Crippen LogP contribution in [0.25, 0.3) is 0 Å². The number of carbonyl (C=O) groups is 1. The Balaban J connectivity index is 2.06. The Kier molecular flexibility index (Phi) is 4.13. The van der Waals surface area contributed by atoms with Gasteiger partial charge in [-0.25, -0.2) is 4.79 Å². The molecule has 0 amide bonds. The van der Waals surface area contributed by atoms with Gasteiger partial charge in [-0.05, 0) is 30.2 Å². The number of ether oxygens (including phenoxy) is 1. The Morgan fingerprint density at radius 2 is 1.61 bits per heavy atom. The van der Waals surface area contributed by atoms with Gasteiger partial charge in [0.25, 0.3) is 0 Å². The maximum Gasteiger partial charge on any atom is 0.338 e. The molecule has 0 bridgehead atoms. The van der Waals surface area contributed by atoms with Crippen molar-refractivity contribution in [1.82, 2.24) is 0 Å². The Hall–Kier alpha value is -2.09. The highest BCUT2D eigenvalue weighted by Gasteiger charge is 2.05. The van der Waals surface area contributed by atoms with Crippen LogP contribution in [0.4, 0.5) is 0 Å². The fraction of sp³-hybridized carbons (Fsp3) is 0.125. The van der Waals surface area contributed by atoms with E-state index in [9.17, 15) is 4.79 Å². The molecule has 0 atom stereocenters. The van der Waals surface area contributed by atoms with Crippen molar-refractivity contribution in [1.29, 1.82) is 0 Å². The second kappa shape index (κ2) is 6.01. The van der Waals surface area contributed by atoms with Gasteiger partial charge in [-0.2, -0.15) is 0 Å². The summed E-state index contributed by atoms with van der Waals surface area (Å²) >= 11 is 0. The van der Waals surface area contributed by atoms with E-state index in [-0.39, 0.29) is 5.97 Å². The lowest BCUT2D eigenvalue weighted by Crippen LogP contribution is -2.04. The molecule has 2 heteroatoms. The summed E-state index contributed by atoms with van der Waals surface area (Å²) in [6.45, 7) is 2.20. The molecule has 18 heavy (non-hydrogen) atoms. The first-order valence-corrected chi connectivity index (χ1v) is 5.96. The Bertz CT molecular complexity index is 500. The van der Waals surface area contributed by atoms with Gasteiger partial charge in [-0.1, -0.05) is 42.5 Å². The van der Waals surface area contributed by atoms with Gasteiger partial charge < -0.3 is 4.74 Å². The van der Waals surface area contributed by atoms with Gasteiger partial charge in [0.15, 0.2) is 0 Å². The predicted molar refractivity (Wildman–Crippen MR) is 71.3 cm³/mol. The lowest BCUT2D eigenvalue weighted by molar-refractivity contribution is 0.0526. The predicted octanol–water partition coefficient (Wildman–Crippen LogP) is 3.46. The minimum atomic E-state index is -0.274. The first kappa shape index (κ1) is 12.4. The van der Waals surface area contributed by atoms with E-state index in [0.717, 1.165) is 11.1 Å². The van der Waals surface area contributed by atoms with E-state index in [4.69, 9.17) is 4.74 Å². The van der Waals surface area contributed by atoms with Crippen molar-refractivity contribution < 1.29 is 9.53 Å². The molecular formula is C16H15O2. The van der Waals surface area contributed by atoms with Crippen molar-refractivity contribution in [3.8, 4) is 0 Å². The van der Waals surface area contributed by atoms with Crippen molar-refractivity contribution in [2.24, 2.45) is 0 Å². The highest BCUT2D eigenvalue weighted by atomic mass is 16.5. The third-order valence-electron chi connectivity index (χ3n) is 2.55. The summed E-state index contributed by atoms with van der Waals surface area (Å²) in [4.78, 5) is 11.5. The molecule has 2 rings (SSSR count). The molecule has 0 N–H and O–H groups in total. The zero-order chi connectivity index (χ0) is 12.8. The molecule has 0 aliphatic carbocycles. The topological polar surface area (TPSA) is 26.3 Å². The van der Waals surface area contributed by atoms with Crippen LogP contribution in [0, 0.1) is 6.42 Å². The van der Waals surface area contributed by atoms with Crippen LogP contribution < -0.4 is 0 Å². The lowest BCUT2D eigenvalue weighted by atomic mass is 10.0. The normalized spacial score (nSPS) is 10.1. The fourth-order valence-electron chi connectivity index (χ4n) is 1.67. The van der Waals surface area contributed by atoms with Gasteiger partial charge in [0.05, 0.1) is 12.2 Å². The largest absolute Gasteiger partial charge is 0.462 e. The van der Waals surface area contributed by atoms with Gasteiger partial charge in [-0.3, -0.25) is 0 Å². The Morgan fingerprint density at radius 3 is 2.22 bits per heavy atom. The third kappa shape index (κ3) is 3.20. The molecule has 2 aromatic carbocycles. The number of carbonyl (C=O) groups excluding carboxylic acids is 1. The quantitative estimate of drug-likeness (QED) is 0.764. The number of hydrogen-bond donors (Lipinski definition) is 0. The number of rotatable bonds is 4. The average Bonchev–Trinajstić information content (AvgIpc) is 2.41. The molecular weight excluding hydrogens is 224 g/mol. The Labute approximate surface area is 107 Å². The molecule has 2 nitrogen and oxygen atoms in total. The third-order valence-corrected chi connectivity index (χ3v) is 2.55. The zero-order valence-electron chi connectivity index (χ0n) is 10.3. The minimum absolute atomic E-state index is 0.274. The van der Waals surface area contributed by atoms with Crippen LogP contribution in [0.15, 0.2) is 54.6 Å². The van der Waals surface area contributed by atoms with Crippen LogP contribution in [0.3, 0.4) is 0 Å². The Morgan fingerprint density at radius 1 is 1.00 bits per heavy atom. The first-order chi connectivity index (χ1) is 8.79. The summed E-state index contributed by atoms with van der Waals surface area (Å²) < 4.78 is 4.94. The van der Waals surface area contributed by atoms with Crippen molar-refractivity contribution >= 4 is 5.97 Å². The van der Waals surface area contributed by atoms with Gasteiger partial charge in [0, 0.05) is 6.42 Å². The molecule has 0 fully saturated rings. The summed E-state index contributed by atoms with van der Waals surface area (Å²) in [6.07, 6.45) is 2.06. The molecule has 1 radical (unpaired) electrons. The van der Waals surface area contributed by atoms with Crippen molar-refractivity contribution in [3.63, 3.8) is 0 Å². The van der Waals surface area contributed by atoms with Crippen molar-refractivity contribution in [3.05, 3.63) is 77.7 Å². The van der Waals surface area contributed by atoms with Crippen LogP contribution in [0.5, 0.6) is 0 Å². The molecule has 0 aliphatic rings. The molecule has 0 aromatic heterocycles. The molecule has 0 aliphatic heterocycles. The van der Waals surface area contributed by atoms with Crippen LogP contribution >= 0.6 is 0 Å². The summed E-state index contributed by atoms with van der Waals surface area (Å²) in [5, 5.41) is 0. The molecule has 91 valence electrons. The fourth-order valence-corrected chi connectivity index (χ4v) is 1.67. The van der Waals surface area contributed by atoms with Crippen molar-refractivity contribution in [2.45, 2.75) is 6.92 Å². The van der Waals surface area contributed by atoms with E-state index >= 15 is 0 Å². The summed E-state index contributed by atoms with van der Waals surface area (Å²) in [5.41, 5.74) is 2.79. The lowest BCUT2D eigenvalue weighted by Gasteiger charge is -2.04. The smallest absolute Gasteiger partial charge is 0.338 e. The van der Waals surface area contributed by atoms with Gasteiger partial charge >= 0.3 is 5.97 Å². The molecule has 0 spiro atoms. The second-order valence-corrected chi connectivity index (χ2v) is 3.90. The monoisotopic (exact) mass is 239 g/mol. The van der Waals surface area contributed by atoms with Crippen LogP contribution in [0.1, 0.15) is 28.4 Å². The van der Waals surface area contributed by atoms with E-state index in [0.29, 0.717) is 12.2 Å². The highest BCUT2D eigenvalue weighted by Crippen LogP contribution is 2.13. The van der Waals surface area contributed by atoms with E-state index in [1.54, 1.807) is 19.1 Å². The highest BCUT2D eigenvalue weighted by molar-refractivity contribution is 5.89. The molecule has 2 aromatic rings. The van der Waals surface area contributed by atoms with Gasteiger partial charge in [-0.15, -0.1) is 0 Å². The SMILES string of the molecule is CCOC(=O)c1ccc([CH]c2ccccc2)cc1. The van der Waals surface area contributed by atoms with Crippen LogP contribution in [-0.4, -0.2) is 12.6 Å².